The molecule has 0 aliphatic heterocycles. The normalized spacial score (nSPS) is 9.50. The van der Waals surface area contributed by atoms with Crippen LogP contribution in [0, 0.1) is 11.8 Å². The summed E-state index contributed by atoms with van der Waals surface area (Å²) < 4.78 is 10.9. The maximum absolute atomic E-state index is 5.73. The summed E-state index contributed by atoms with van der Waals surface area (Å²) in [5.74, 6) is 7.41. The highest BCUT2D eigenvalue weighted by atomic mass is 35.5. The van der Waals surface area contributed by atoms with Crippen molar-refractivity contribution in [2.24, 2.45) is 0 Å². The van der Waals surface area contributed by atoms with Crippen LogP contribution in [0.3, 0.4) is 0 Å². The Morgan fingerprint density at radius 1 is 1.25 bits per heavy atom. The Hall–Kier alpha value is -2.18. The number of ether oxygens (including phenoxy) is 2. The van der Waals surface area contributed by atoms with Gasteiger partial charge in [0, 0.05) is 11.8 Å². The molecule has 0 radical (unpaired) electrons. The first-order valence-electron chi connectivity index (χ1n) is 6.09. The van der Waals surface area contributed by atoms with Crippen LogP contribution in [0.15, 0.2) is 42.6 Å². The second kappa shape index (κ2) is 7.42. The van der Waals surface area contributed by atoms with E-state index in [0.29, 0.717) is 18.4 Å². The zero-order chi connectivity index (χ0) is 14.2. The van der Waals surface area contributed by atoms with Crippen molar-refractivity contribution in [3.05, 3.63) is 53.7 Å². The highest BCUT2D eigenvalue weighted by Gasteiger charge is 2.04. The maximum atomic E-state index is 5.73. The SMILES string of the molecule is COc1ncccc1COc1cccc(C#CCCl)c1. The Kier molecular flexibility index (Phi) is 5.28. The highest BCUT2D eigenvalue weighted by molar-refractivity contribution is 6.19. The molecule has 0 unspecified atom stereocenters. The molecule has 2 aromatic rings. The van der Waals surface area contributed by atoms with Crippen molar-refractivity contribution in [3.63, 3.8) is 0 Å². The van der Waals surface area contributed by atoms with Gasteiger partial charge in [-0.1, -0.05) is 17.9 Å². The number of rotatable bonds is 4. The molecule has 3 nitrogen and oxygen atoms in total. The molecule has 0 spiro atoms. The first-order valence-corrected chi connectivity index (χ1v) is 6.62. The molecular weight excluding hydrogens is 274 g/mol. The van der Waals surface area contributed by atoms with Crippen molar-refractivity contribution in [1.29, 1.82) is 0 Å². The van der Waals surface area contributed by atoms with Crippen molar-refractivity contribution in [3.8, 4) is 23.5 Å². The van der Waals surface area contributed by atoms with Crippen LogP contribution < -0.4 is 9.47 Å². The summed E-state index contributed by atoms with van der Waals surface area (Å²) in [6.07, 6.45) is 1.69. The summed E-state index contributed by atoms with van der Waals surface area (Å²) >= 11 is 5.54. The van der Waals surface area contributed by atoms with Crippen molar-refractivity contribution < 1.29 is 9.47 Å². The van der Waals surface area contributed by atoms with Gasteiger partial charge in [-0.3, -0.25) is 0 Å². The molecule has 0 atom stereocenters. The Morgan fingerprint density at radius 2 is 2.15 bits per heavy atom. The molecule has 0 amide bonds. The summed E-state index contributed by atoms with van der Waals surface area (Å²) in [5, 5.41) is 0. The van der Waals surface area contributed by atoms with Gasteiger partial charge in [0.2, 0.25) is 5.88 Å². The standard InChI is InChI=1S/C16H14ClNO2/c1-19-16-14(7-4-10-18-16)12-20-15-8-2-5-13(11-15)6-3-9-17/h2,4-5,7-8,10-11H,9,12H2,1H3. The Morgan fingerprint density at radius 3 is 2.95 bits per heavy atom. The lowest BCUT2D eigenvalue weighted by atomic mass is 10.2. The van der Waals surface area contributed by atoms with Crippen LogP contribution in [0.25, 0.3) is 0 Å². The summed E-state index contributed by atoms with van der Waals surface area (Å²) in [6.45, 7) is 0.392. The minimum atomic E-state index is 0.317. The first-order chi connectivity index (χ1) is 9.83. The summed E-state index contributed by atoms with van der Waals surface area (Å²) in [6, 6.07) is 11.3. The smallest absolute Gasteiger partial charge is 0.219 e. The molecule has 2 rings (SSSR count). The zero-order valence-electron chi connectivity index (χ0n) is 11.1. The Labute approximate surface area is 123 Å². The van der Waals surface area contributed by atoms with Gasteiger partial charge in [-0.15, -0.1) is 11.6 Å². The van der Waals surface area contributed by atoms with E-state index in [9.17, 15) is 0 Å². The van der Waals surface area contributed by atoms with E-state index in [1.165, 1.54) is 0 Å². The monoisotopic (exact) mass is 287 g/mol. The van der Waals surface area contributed by atoms with E-state index in [1.807, 2.05) is 36.4 Å². The van der Waals surface area contributed by atoms with Crippen LogP contribution in [0.2, 0.25) is 0 Å². The van der Waals surface area contributed by atoms with Crippen molar-refractivity contribution in [2.45, 2.75) is 6.61 Å². The third kappa shape index (κ3) is 3.91. The second-order valence-electron chi connectivity index (χ2n) is 3.92. The van der Waals surface area contributed by atoms with Gasteiger partial charge < -0.3 is 9.47 Å². The summed E-state index contributed by atoms with van der Waals surface area (Å²) in [5.41, 5.74) is 1.77. The lowest BCUT2D eigenvalue weighted by Crippen LogP contribution is -2.00. The quantitative estimate of drug-likeness (QED) is 0.639. The highest BCUT2D eigenvalue weighted by Crippen LogP contribution is 2.18. The molecular formula is C16H14ClNO2. The third-order valence-electron chi connectivity index (χ3n) is 2.57. The predicted molar refractivity (Wildman–Crippen MR) is 79.2 cm³/mol. The van der Waals surface area contributed by atoms with E-state index >= 15 is 0 Å². The maximum Gasteiger partial charge on any atom is 0.219 e. The van der Waals surface area contributed by atoms with E-state index in [4.69, 9.17) is 21.1 Å². The van der Waals surface area contributed by atoms with Crippen molar-refractivity contribution in [2.75, 3.05) is 13.0 Å². The fourth-order valence-electron chi connectivity index (χ4n) is 1.68. The fraction of sp³-hybridized carbons (Fsp3) is 0.188. The first kappa shape index (κ1) is 14.2. The third-order valence-corrected chi connectivity index (χ3v) is 2.70. The molecule has 0 saturated carbocycles. The average Bonchev–Trinajstić information content (AvgIpc) is 2.51. The topological polar surface area (TPSA) is 31.4 Å². The minimum Gasteiger partial charge on any atom is -0.489 e. The number of benzene rings is 1. The fourth-order valence-corrected chi connectivity index (χ4v) is 1.74. The molecule has 0 N–H and O–H groups in total. The molecule has 0 fully saturated rings. The van der Waals surface area contributed by atoms with Gasteiger partial charge in [0.1, 0.15) is 12.4 Å². The molecule has 0 bridgehead atoms. The lowest BCUT2D eigenvalue weighted by Gasteiger charge is -2.09. The number of alkyl halides is 1. The number of aromatic nitrogens is 1. The molecule has 20 heavy (non-hydrogen) atoms. The molecule has 1 aromatic heterocycles. The van der Waals surface area contributed by atoms with E-state index in [1.54, 1.807) is 13.3 Å². The molecule has 102 valence electrons. The van der Waals surface area contributed by atoms with Gasteiger partial charge in [0.25, 0.3) is 0 Å². The van der Waals surface area contributed by atoms with Gasteiger partial charge in [0.05, 0.1) is 18.6 Å². The van der Waals surface area contributed by atoms with E-state index < -0.39 is 0 Å². The molecule has 4 heteroatoms. The molecule has 1 aromatic carbocycles. The van der Waals surface area contributed by atoms with Crippen LogP contribution in [0.1, 0.15) is 11.1 Å². The minimum absolute atomic E-state index is 0.317. The van der Waals surface area contributed by atoms with Gasteiger partial charge in [0.15, 0.2) is 0 Å². The number of methoxy groups -OCH3 is 1. The van der Waals surface area contributed by atoms with E-state index in [0.717, 1.165) is 16.9 Å². The lowest BCUT2D eigenvalue weighted by molar-refractivity contribution is 0.294. The van der Waals surface area contributed by atoms with Crippen LogP contribution in [0.5, 0.6) is 11.6 Å². The number of hydrogen-bond donors (Lipinski definition) is 0. The van der Waals surface area contributed by atoms with Crippen molar-refractivity contribution >= 4 is 11.6 Å². The van der Waals surface area contributed by atoms with Crippen LogP contribution in [-0.2, 0) is 6.61 Å². The molecule has 0 saturated heterocycles. The summed E-state index contributed by atoms with van der Waals surface area (Å²) in [7, 11) is 1.59. The molecule has 0 aliphatic rings. The van der Waals surface area contributed by atoms with Gasteiger partial charge >= 0.3 is 0 Å². The van der Waals surface area contributed by atoms with Crippen LogP contribution in [-0.4, -0.2) is 18.0 Å². The van der Waals surface area contributed by atoms with Gasteiger partial charge in [-0.2, -0.15) is 0 Å². The van der Waals surface area contributed by atoms with Gasteiger partial charge in [-0.05, 0) is 30.3 Å². The van der Waals surface area contributed by atoms with Crippen LogP contribution in [0.4, 0.5) is 0 Å². The van der Waals surface area contributed by atoms with E-state index in [-0.39, 0.29) is 0 Å². The molecule has 0 aliphatic carbocycles. The Bertz CT molecular complexity index is 632. The average molecular weight is 288 g/mol. The largest absolute Gasteiger partial charge is 0.489 e. The van der Waals surface area contributed by atoms with Crippen LogP contribution >= 0.6 is 11.6 Å². The number of halogens is 1. The van der Waals surface area contributed by atoms with E-state index in [2.05, 4.69) is 16.8 Å². The number of pyridine rings is 1. The van der Waals surface area contributed by atoms with Crippen molar-refractivity contribution in [1.82, 2.24) is 4.98 Å². The Balaban J connectivity index is 2.07. The summed E-state index contributed by atoms with van der Waals surface area (Å²) in [4.78, 5) is 4.13. The second-order valence-corrected chi connectivity index (χ2v) is 4.19. The van der Waals surface area contributed by atoms with Gasteiger partial charge in [-0.25, -0.2) is 4.98 Å². The number of nitrogens with zero attached hydrogens (tertiary/aromatic N) is 1. The number of hydrogen-bond acceptors (Lipinski definition) is 3. The zero-order valence-corrected chi connectivity index (χ0v) is 11.9. The molecule has 1 heterocycles. The predicted octanol–water partition coefficient (Wildman–Crippen LogP) is 3.26.